The van der Waals surface area contributed by atoms with Gasteiger partial charge in [0.1, 0.15) is 11.7 Å². The molecule has 1 unspecified atom stereocenters. The Morgan fingerprint density at radius 3 is 2.77 bits per heavy atom. The monoisotopic (exact) mass is 358 g/mol. The number of aromatic amines is 1. The number of hydrogen-bond donors (Lipinski definition) is 2. The Balaban J connectivity index is 2.06. The second-order valence-electron chi connectivity index (χ2n) is 5.54. The Morgan fingerprint density at radius 1 is 1.31 bits per heavy atom. The minimum absolute atomic E-state index is 0.0817. The predicted molar refractivity (Wildman–Crippen MR) is 83.5 cm³/mol. The van der Waals surface area contributed by atoms with Crippen LogP contribution in [0.4, 0.5) is 0 Å². The van der Waals surface area contributed by atoms with Crippen LogP contribution in [0.3, 0.4) is 0 Å². The van der Waals surface area contributed by atoms with Crippen molar-refractivity contribution in [1.29, 1.82) is 0 Å². The second kappa shape index (κ2) is 5.20. The number of benzene rings is 1. The van der Waals surface area contributed by atoms with Crippen molar-refractivity contribution in [1.82, 2.24) is 10.1 Å². The van der Waals surface area contributed by atoms with Gasteiger partial charge in [-0.2, -0.15) is 4.90 Å². The third kappa shape index (κ3) is 2.05. The lowest BCUT2D eigenvalue weighted by atomic mass is 9.86. The van der Waals surface area contributed by atoms with Gasteiger partial charge >= 0.3 is 5.69 Å². The maximum atomic E-state index is 12.1. The van der Waals surface area contributed by atoms with Crippen LogP contribution >= 0.6 is 0 Å². The summed E-state index contributed by atoms with van der Waals surface area (Å²) in [4.78, 5) is 12.7. The van der Waals surface area contributed by atoms with Crippen molar-refractivity contribution in [3.63, 3.8) is 0 Å². The minimum atomic E-state index is -1.28. The fourth-order valence-corrected chi connectivity index (χ4v) is 3.08. The smallest absolute Gasteiger partial charge is 0.318 e. The first-order valence-corrected chi connectivity index (χ1v) is 7.15. The van der Waals surface area contributed by atoms with Gasteiger partial charge in [0.2, 0.25) is 5.69 Å². The lowest BCUT2D eigenvalue weighted by molar-refractivity contribution is -0.808. The first kappa shape index (κ1) is 15.4. The maximum absolute atomic E-state index is 12.1. The molecule has 0 radical (unpaired) electrons. The summed E-state index contributed by atoms with van der Waals surface area (Å²) in [6.45, 7) is 0. The average Bonchev–Trinajstić information content (AvgIpc) is 3.17. The summed E-state index contributed by atoms with van der Waals surface area (Å²) in [6, 6.07) is 4.35. The third-order valence-corrected chi connectivity index (χ3v) is 4.16. The van der Waals surface area contributed by atoms with Gasteiger partial charge in [-0.15, -0.1) is 0 Å². The Hall–Kier alpha value is -4.09. The Bertz CT molecular complexity index is 1120. The lowest BCUT2D eigenvalue weighted by Crippen LogP contribution is -2.36. The molecule has 0 spiro atoms. The summed E-state index contributed by atoms with van der Waals surface area (Å²) in [5.41, 5.74) is -1.20. The van der Waals surface area contributed by atoms with Gasteiger partial charge in [0, 0.05) is 17.1 Å². The van der Waals surface area contributed by atoms with Crippen molar-refractivity contribution in [2.45, 2.75) is 5.92 Å². The van der Waals surface area contributed by atoms with Crippen LogP contribution in [0.5, 0.6) is 5.75 Å². The molecule has 1 aromatic carbocycles. The van der Waals surface area contributed by atoms with Crippen LogP contribution in [0.15, 0.2) is 40.8 Å². The molecule has 26 heavy (non-hydrogen) atoms. The zero-order valence-electron chi connectivity index (χ0n) is 12.6. The van der Waals surface area contributed by atoms with E-state index >= 15 is 0 Å². The van der Waals surface area contributed by atoms with E-state index in [0.717, 1.165) is 6.08 Å². The number of nitro groups is 1. The topological polar surface area (TPSA) is 181 Å². The molecule has 1 aliphatic carbocycles. The van der Waals surface area contributed by atoms with Gasteiger partial charge in [0.05, 0.1) is 16.2 Å². The molecule has 0 fully saturated rings. The van der Waals surface area contributed by atoms with Gasteiger partial charge in [-0.25, -0.2) is 0 Å². The molecule has 0 aliphatic heterocycles. The Kier molecular flexibility index (Phi) is 3.09. The molecule has 0 saturated carbocycles. The second-order valence-corrected chi connectivity index (χ2v) is 5.54. The van der Waals surface area contributed by atoms with E-state index in [1.807, 2.05) is 0 Å². The molecule has 12 heteroatoms. The normalized spacial score (nSPS) is 16.4. The summed E-state index contributed by atoms with van der Waals surface area (Å²) in [7, 11) is 0. The fourth-order valence-electron chi connectivity index (χ4n) is 3.08. The number of phenolic OH excluding ortho intramolecular Hbond substituents is 1. The lowest BCUT2D eigenvalue weighted by Gasteiger charge is -2.16. The summed E-state index contributed by atoms with van der Waals surface area (Å²) >= 11 is 0. The van der Waals surface area contributed by atoms with Crippen molar-refractivity contribution >= 4 is 16.6 Å². The Labute approximate surface area is 142 Å². The van der Waals surface area contributed by atoms with Crippen LogP contribution in [-0.2, 0) is 0 Å². The van der Waals surface area contributed by atoms with Crippen molar-refractivity contribution in [3.8, 4) is 5.75 Å². The van der Waals surface area contributed by atoms with Gasteiger partial charge in [-0.3, -0.25) is 14.7 Å². The van der Waals surface area contributed by atoms with Crippen molar-refractivity contribution < 1.29 is 24.5 Å². The van der Waals surface area contributed by atoms with E-state index in [2.05, 4.69) is 14.8 Å². The third-order valence-electron chi connectivity index (χ3n) is 4.16. The summed E-state index contributed by atoms with van der Waals surface area (Å²) in [5.74, 6) is -1.36. The number of nitrogens with one attached hydrogen (secondary N) is 1. The molecular formula is C14H8N5O7-. The first-order valence-electron chi connectivity index (χ1n) is 7.15. The summed E-state index contributed by atoms with van der Waals surface area (Å²) in [6.07, 6.45) is 2.19. The van der Waals surface area contributed by atoms with Crippen molar-refractivity contribution in [3.05, 3.63) is 78.9 Å². The first-order chi connectivity index (χ1) is 12.4. The molecule has 4 rings (SSSR count). The highest BCUT2D eigenvalue weighted by Gasteiger charge is 2.47. The maximum Gasteiger partial charge on any atom is 0.318 e. The highest BCUT2D eigenvalue weighted by Crippen LogP contribution is 2.39. The van der Waals surface area contributed by atoms with E-state index in [1.54, 1.807) is 6.07 Å². The summed E-state index contributed by atoms with van der Waals surface area (Å²) < 4.78 is 4.46. The van der Waals surface area contributed by atoms with E-state index in [9.17, 15) is 30.8 Å². The molecule has 12 nitrogen and oxygen atoms in total. The molecule has 0 amide bonds. The van der Waals surface area contributed by atoms with Crippen LogP contribution in [-0.4, -0.2) is 30.8 Å². The van der Waals surface area contributed by atoms with Crippen LogP contribution in [0, 0.1) is 25.7 Å². The summed E-state index contributed by atoms with van der Waals surface area (Å²) in [5, 5.41) is 59.5. The SMILES string of the molecule is O=[N+]([O-])C1=CC(=[N+]([O-])[O-])c2no[n+]([O-])c2C1c1c[nH]c2ccc(O)cc12. The molecule has 132 valence electrons. The van der Waals surface area contributed by atoms with E-state index in [4.69, 9.17) is 0 Å². The van der Waals surface area contributed by atoms with Gasteiger partial charge in [0.25, 0.3) is 11.4 Å². The number of rotatable bonds is 2. The standard InChI is InChI=1S/C14H8N5O7/c20-6-1-2-9-7(3-6)8(5-15-9)12-10(17(21)22)4-11(18(23)24)13-14(12)19(25)26-16-13/h1-5,12,15H,(H-,16,20,23,24)/q-1. The van der Waals surface area contributed by atoms with Crippen LogP contribution in [0.2, 0.25) is 0 Å². The number of aromatic nitrogens is 3. The number of H-pyrrole nitrogens is 1. The molecule has 0 bridgehead atoms. The molecule has 3 aromatic rings. The molecule has 2 N–H and O–H groups in total. The number of nitrogens with zero attached hydrogens (tertiary/aromatic N) is 4. The van der Waals surface area contributed by atoms with E-state index in [1.165, 1.54) is 18.3 Å². The largest absolute Gasteiger partial charge is 0.612 e. The zero-order valence-corrected chi connectivity index (χ0v) is 12.6. The molecule has 2 aromatic heterocycles. The zero-order chi connectivity index (χ0) is 18.6. The quantitative estimate of drug-likeness (QED) is 0.379. The van der Waals surface area contributed by atoms with Crippen LogP contribution < -0.4 is 4.90 Å². The number of phenols is 1. The number of hydrogen-bond acceptors (Lipinski definition) is 8. The fraction of sp³-hybridized carbons (Fsp3) is 0.0714. The molecule has 2 heterocycles. The predicted octanol–water partition coefficient (Wildman–Crippen LogP) is 0.598. The molecule has 1 aliphatic rings. The highest BCUT2D eigenvalue weighted by molar-refractivity contribution is 6.06. The molecule has 0 saturated heterocycles. The Morgan fingerprint density at radius 2 is 2.08 bits per heavy atom. The van der Waals surface area contributed by atoms with Crippen molar-refractivity contribution in [2.24, 2.45) is 0 Å². The number of fused-ring (bicyclic) bond motifs is 2. The number of aromatic hydroxyl groups is 1. The van der Waals surface area contributed by atoms with Crippen LogP contribution in [0.1, 0.15) is 22.9 Å². The number of allylic oxidation sites excluding steroid dienone is 2. The van der Waals surface area contributed by atoms with Crippen LogP contribution in [0.25, 0.3) is 10.9 Å². The van der Waals surface area contributed by atoms with Gasteiger partial charge in [0.15, 0.2) is 0 Å². The van der Waals surface area contributed by atoms with E-state index in [-0.39, 0.29) is 27.6 Å². The van der Waals surface area contributed by atoms with Crippen molar-refractivity contribution in [2.75, 3.05) is 0 Å². The molecule has 1 atom stereocenters. The van der Waals surface area contributed by atoms with Gasteiger partial charge in [-0.1, -0.05) is 0 Å². The highest BCUT2D eigenvalue weighted by atomic mass is 16.8. The van der Waals surface area contributed by atoms with Gasteiger partial charge < -0.3 is 25.7 Å². The van der Waals surface area contributed by atoms with E-state index < -0.39 is 27.2 Å². The minimum Gasteiger partial charge on any atom is -0.612 e. The van der Waals surface area contributed by atoms with E-state index in [0.29, 0.717) is 10.9 Å². The van der Waals surface area contributed by atoms with Gasteiger partial charge in [-0.05, 0) is 28.7 Å². The molecular weight excluding hydrogens is 350 g/mol. The average molecular weight is 358 g/mol.